The second-order valence-electron chi connectivity index (χ2n) is 8.09. The maximum Gasteiger partial charge on any atom is 0.328 e. The highest BCUT2D eigenvalue weighted by atomic mass is 16.6. The summed E-state index contributed by atoms with van der Waals surface area (Å²) >= 11 is 0. The van der Waals surface area contributed by atoms with Crippen LogP contribution in [-0.2, 0) is 23.9 Å². The first kappa shape index (κ1) is 21.9. The molecule has 8 heteroatoms. The van der Waals surface area contributed by atoms with Gasteiger partial charge in [-0.25, -0.2) is 4.79 Å². The van der Waals surface area contributed by atoms with E-state index in [1.165, 1.54) is 4.90 Å². The second kappa shape index (κ2) is 7.63. The molecule has 8 nitrogen and oxygen atoms in total. The first-order chi connectivity index (χ1) is 11.8. The normalized spacial score (nSPS) is 18.6. The monoisotopic (exact) mass is 370 g/mol. The molecule has 1 aliphatic heterocycles. The number of carbonyl (C=O) groups excluding carboxylic acids is 4. The lowest BCUT2D eigenvalue weighted by Gasteiger charge is -2.37. The van der Waals surface area contributed by atoms with E-state index in [4.69, 9.17) is 9.47 Å². The smallest absolute Gasteiger partial charge is 0.328 e. The lowest BCUT2D eigenvalue weighted by atomic mass is 9.94. The second-order valence-corrected chi connectivity index (χ2v) is 8.09. The van der Waals surface area contributed by atoms with Crippen LogP contribution in [0.3, 0.4) is 0 Å². The first-order valence-corrected chi connectivity index (χ1v) is 8.79. The van der Waals surface area contributed by atoms with Gasteiger partial charge in [0.05, 0.1) is 13.2 Å². The Kier molecular flexibility index (Phi) is 6.44. The number of amides is 3. The van der Waals surface area contributed by atoms with Crippen molar-refractivity contribution in [2.24, 2.45) is 5.92 Å². The quantitative estimate of drug-likeness (QED) is 0.417. The summed E-state index contributed by atoms with van der Waals surface area (Å²) in [5.74, 6) is -3.88. The van der Waals surface area contributed by atoms with E-state index >= 15 is 0 Å². The van der Waals surface area contributed by atoms with Gasteiger partial charge < -0.3 is 14.4 Å². The van der Waals surface area contributed by atoms with Crippen LogP contribution in [0.4, 0.5) is 4.79 Å². The van der Waals surface area contributed by atoms with Gasteiger partial charge in [-0.3, -0.25) is 19.3 Å². The zero-order valence-corrected chi connectivity index (χ0v) is 16.9. The molecule has 0 aliphatic carbocycles. The average Bonchev–Trinajstić information content (AvgIpc) is 2.70. The zero-order chi connectivity index (χ0) is 20.4. The molecule has 0 radical (unpaired) electrons. The Labute approximate surface area is 154 Å². The van der Waals surface area contributed by atoms with Gasteiger partial charge in [0.1, 0.15) is 6.04 Å². The Morgan fingerprint density at radius 1 is 0.923 bits per heavy atom. The standard InChI is InChI=1S/C18H30N2O6/c1-9-25-14(22)11(15(23)26-10-2)12-13(21)20(18(6,7)8)16(24)19(12)17(3,4)5/h11-12H,9-10H2,1-8H3/t12-/m1/s1. The Balaban J connectivity index is 3.53. The molecule has 0 bridgehead atoms. The van der Waals surface area contributed by atoms with Crippen molar-refractivity contribution in [3.05, 3.63) is 0 Å². The van der Waals surface area contributed by atoms with E-state index in [0.29, 0.717) is 0 Å². The molecular formula is C18H30N2O6. The van der Waals surface area contributed by atoms with Gasteiger partial charge in [0, 0.05) is 11.1 Å². The number of carbonyl (C=O) groups is 4. The highest BCUT2D eigenvalue weighted by Gasteiger charge is 2.59. The molecule has 0 unspecified atom stereocenters. The van der Waals surface area contributed by atoms with Gasteiger partial charge in [-0.1, -0.05) is 0 Å². The number of rotatable bonds is 5. The van der Waals surface area contributed by atoms with Crippen LogP contribution >= 0.6 is 0 Å². The minimum atomic E-state index is -1.53. The number of esters is 2. The lowest BCUT2D eigenvalue weighted by molar-refractivity contribution is -0.167. The summed E-state index contributed by atoms with van der Waals surface area (Å²) in [6.45, 7) is 13.7. The van der Waals surface area contributed by atoms with Gasteiger partial charge >= 0.3 is 18.0 Å². The molecule has 0 N–H and O–H groups in total. The molecule has 1 atom stereocenters. The van der Waals surface area contributed by atoms with Gasteiger partial charge in [0.15, 0.2) is 5.92 Å². The molecule has 148 valence electrons. The zero-order valence-electron chi connectivity index (χ0n) is 16.9. The Hall–Kier alpha value is -2.12. The van der Waals surface area contributed by atoms with Crippen LogP contribution in [0.1, 0.15) is 55.4 Å². The maximum atomic E-state index is 13.1. The highest BCUT2D eigenvalue weighted by Crippen LogP contribution is 2.35. The van der Waals surface area contributed by atoms with Crippen molar-refractivity contribution in [3.63, 3.8) is 0 Å². The summed E-state index contributed by atoms with van der Waals surface area (Å²) < 4.78 is 10.0. The third-order valence-electron chi connectivity index (χ3n) is 3.94. The first-order valence-electron chi connectivity index (χ1n) is 8.79. The van der Waals surface area contributed by atoms with E-state index in [1.807, 2.05) is 0 Å². The van der Waals surface area contributed by atoms with Gasteiger partial charge in [-0.2, -0.15) is 0 Å². The fourth-order valence-electron chi connectivity index (χ4n) is 3.00. The molecule has 1 saturated heterocycles. The Morgan fingerprint density at radius 3 is 1.65 bits per heavy atom. The molecule has 1 aliphatic rings. The van der Waals surface area contributed by atoms with Gasteiger partial charge in [0.2, 0.25) is 0 Å². The Bertz CT molecular complexity index is 569. The molecule has 0 spiro atoms. The highest BCUT2D eigenvalue weighted by molar-refractivity contribution is 6.11. The van der Waals surface area contributed by atoms with E-state index in [2.05, 4.69) is 0 Å². The van der Waals surface area contributed by atoms with E-state index in [-0.39, 0.29) is 13.2 Å². The Morgan fingerprint density at radius 2 is 1.35 bits per heavy atom. The molecule has 26 heavy (non-hydrogen) atoms. The molecule has 0 saturated carbocycles. The van der Waals surface area contributed by atoms with Crippen molar-refractivity contribution in [1.29, 1.82) is 0 Å². The average molecular weight is 370 g/mol. The fourth-order valence-corrected chi connectivity index (χ4v) is 3.00. The van der Waals surface area contributed by atoms with Crippen LogP contribution in [0.15, 0.2) is 0 Å². The van der Waals surface area contributed by atoms with E-state index in [9.17, 15) is 19.2 Å². The summed E-state index contributed by atoms with van der Waals surface area (Å²) in [4.78, 5) is 53.5. The van der Waals surface area contributed by atoms with Gasteiger partial charge in [-0.15, -0.1) is 0 Å². The van der Waals surface area contributed by atoms with Crippen molar-refractivity contribution in [1.82, 2.24) is 9.80 Å². The third kappa shape index (κ3) is 4.16. The number of urea groups is 1. The van der Waals surface area contributed by atoms with Gasteiger partial charge in [-0.05, 0) is 55.4 Å². The van der Waals surface area contributed by atoms with Crippen molar-refractivity contribution in [2.45, 2.75) is 72.5 Å². The molecular weight excluding hydrogens is 340 g/mol. The lowest BCUT2D eigenvalue weighted by Crippen LogP contribution is -2.55. The van der Waals surface area contributed by atoms with Crippen LogP contribution in [0, 0.1) is 5.92 Å². The van der Waals surface area contributed by atoms with Crippen LogP contribution in [0.25, 0.3) is 0 Å². The SMILES string of the molecule is CCOC(=O)C(C(=O)OCC)[C@@H]1C(=O)N(C(C)(C)C)C(=O)N1C(C)(C)C. The summed E-state index contributed by atoms with van der Waals surface area (Å²) in [6, 6.07) is -1.85. The summed E-state index contributed by atoms with van der Waals surface area (Å²) in [5.41, 5.74) is -1.60. The minimum absolute atomic E-state index is 0.0437. The molecule has 0 aromatic heterocycles. The van der Waals surface area contributed by atoms with Crippen LogP contribution in [0.5, 0.6) is 0 Å². The maximum absolute atomic E-state index is 13.1. The van der Waals surface area contributed by atoms with Crippen molar-refractivity contribution < 1.29 is 28.7 Å². The van der Waals surface area contributed by atoms with E-state index in [0.717, 1.165) is 4.90 Å². The number of ether oxygens (including phenoxy) is 2. The largest absolute Gasteiger partial charge is 0.465 e. The van der Waals surface area contributed by atoms with Crippen molar-refractivity contribution in [3.8, 4) is 0 Å². The summed E-state index contributed by atoms with van der Waals surface area (Å²) in [7, 11) is 0. The van der Waals surface area contributed by atoms with E-state index in [1.54, 1.807) is 55.4 Å². The van der Waals surface area contributed by atoms with Crippen LogP contribution in [0.2, 0.25) is 0 Å². The van der Waals surface area contributed by atoms with E-state index < -0.39 is 46.9 Å². The number of hydrogen-bond donors (Lipinski definition) is 0. The fraction of sp³-hybridized carbons (Fsp3) is 0.778. The van der Waals surface area contributed by atoms with Crippen molar-refractivity contribution >= 4 is 23.9 Å². The molecule has 3 amide bonds. The van der Waals surface area contributed by atoms with Crippen LogP contribution < -0.4 is 0 Å². The number of hydrogen-bond acceptors (Lipinski definition) is 6. The van der Waals surface area contributed by atoms with Gasteiger partial charge in [0.25, 0.3) is 5.91 Å². The molecule has 0 aromatic carbocycles. The number of imide groups is 1. The van der Waals surface area contributed by atoms with Crippen LogP contribution in [-0.4, -0.2) is 64.0 Å². The summed E-state index contributed by atoms with van der Waals surface area (Å²) in [5, 5.41) is 0. The molecule has 1 rings (SSSR count). The van der Waals surface area contributed by atoms with Crippen molar-refractivity contribution in [2.75, 3.05) is 13.2 Å². The molecule has 1 fully saturated rings. The third-order valence-corrected chi connectivity index (χ3v) is 3.94. The molecule has 1 heterocycles. The minimum Gasteiger partial charge on any atom is -0.465 e. The predicted octanol–water partition coefficient (Wildman–Crippen LogP) is 1.96. The number of nitrogens with zero attached hydrogens (tertiary/aromatic N) is 2. The molecule has 0 aromatic rings. The topological polar surface area (TPSA) is 93.2 Å². The predicted molar refractivity (Wildman–Crippen MR) is 94.1 cm³/mol. The summed E-state index contributed by atoms with van der Waals surface area (Å²) in [6.07, 6.45) is 0.